The maximum absolute atomic E-state index is 13.5. The van der Waals surface area contributed by atoms with Gasteiger partial charge in [0.25, 0.3) is 5.78 Å². The number of aryl methyl sites for hydroxylation is 3. The minimum absolute atomic E-state index is 0.0994. The Labute approximate surface area is 233 Å². The summed E-state index contributed by atoms with van der Waals surface area (Å²) in [6.45, 7) is 7.52. The first kappa shape index (κ1) is 27.3. The Balaban J connectivity index is 1.35. The molecule has 1 aliphatic heterocycles. The molecule has 39 heavy (non-hydrogen) atoms. The van der Waals surface area contributed by atoms with Crippen molar-refractivity contribution in [3.63, 3.8) is 0 Å². The fraction of sp³-hybridized carbons (Fsp3) is 0.533. The average Bonchev–Trinajstić information content (AvgIpc) is 3.56. The lowest BCUT2D eigenvalue weighted by Crippen LogP contribution is -2.52. The lowest BCUT2D eigenvalue weighted by molar-refractivity contribution is -0.185. The smallest absolute Gasteiger partial charge is 0.317 e. The van der Waals surface area contributed by atoms with Gasteiger partial charge in [-0.15, -0.1) is 5.10 Å². The minimum atomic E-state index is -0.922. The number of fused-ring (bicyclic) bond motifs is 1. The summed E-state index contributed by atoms with van der Waals surface area (Å²) in [5.74, 6) is -0.517. The summed E-state index contributed by atoms with van der Waals surface area (Å²) < 4.78 is 7.90. The molecule has 2 atom stereocenters. The van der Waals surface area contributed by atoms with Crippen molar-refractivity contribution < 1.29 is 14.3 Å². The van der Waals surface area contributed by atoms with Crippen molar-refractivity contribution in [2.45, 2.75) is 90.1 Å². The Morgan fingerprint density at radius 2 is 1.92 bits per heavy atom. The number of esters is 1. The van der Waals surface area contributed by atoms with E-state index in [1.165, 1.54) is 0 Å². The predicted octanol–water partition coefficient (Wildman–Crippen LogP) is 5.43. The van der Waals surface area contributed by atoms with E-state index >= 15 is 0 Å². The highest BCUT2D eigenvalue weighted by atomic mass is 35.5. The summed E-state index contributed by atoms with van der Waals surface area (Å²) in [7, 11) is 0. The zero-order valence-electron chi connectivity index (χ0n) is 23.0. The van der Waals surface area contributed by atoms with Gasteiger partial charge in [0, 0.05) is 29.3 Å². The summed E-state index contributed by atoms with van der Waals surface area (Å²) in [5, 5.41) is 14.6. The third-order valence-corrected chi connectivity index (χ3v) is 8.82. The number of aromatic nitrogens is 4. The largest absolute Gasteiger partial charge is 0.458 e. The molecule has 0 bridgehead atoms. The van der Waals surface area contributed by atoms with Crippen molar-refractivity contribution in [2.75, 3.05) is 0 Å². The number of carbonyl (C=O) groups excluding carboxylic acids is 2. The molecule has 0 N–H and O–H groups in total. The third kappa shape index (κ3) is 5.29. The van der Waals surface area contributed by atoms with Crippen LogP contribution in [0.25, 0.3) is 5.78 Å². The molecule has 2 fully saturated rings. The number of carbonyl (C=O) groups is 2. The molecule has 1 aromatic carbocycles. The number of cyclic esters (lactones) is 1. The first-order chi connectivity index (χ1) is 18.5. The van der Waals surface area contributed by atoms with Crippen LogP contribution in [0, 0.1) is 37.0 Å². The van der Waals surface area contributed by atoms with Crippen LogP contribution in [-0.4, -0.2) is 36.9 Å². The number of nitriles is 1. The zero-order chi connectivity index (χ0) is 27.9. The Kier molecular flexibility index (Phi) is 7.23. The van der Waals surface area contributed by atoms with E-state index in [2.05, 4.69) is 21.1 Å². The molecule has 204 valence electrons. The molecule has 0 radical (unpaired) electrons. The number of benzene rings is 1. The Hall–Kier alpha value is -3.31. The third-order valence-electron chi connectivity index (χ3n) is 8.47. The van der Waals surface area contributed by atoms with Crippen LogP contribution in [0.15, 0.2) is 24.3 Å². The predicted molar refractivity (Wildman–Crippen MR) is 146 cm³/mol. The number of hydrogen-bond donors (Lipinski definition) is 0. The van der Waals surface area contributed by atoms with E-state index in [-0.39, 0.29) is 24.5 Å². The number of Topliss-reactive ketones (excluding diaryl/α,β-unsaturated/α-hetero) is 1. The quantitative estimate of drug-likeness (QED) is 0.286. The maximum Gasteiger partial charge on any atom is 0.317 e. The highest BCUT2D eigenvalue weighted by Gasteiger charge is 2.51. The Morgan fingerprint density at radius 3 is 2.59 bits per heavy atom. The second kappa shape index (κ2) is 10.3. The molecular weight excluding hydrogens is 514 g/mol. The lowest BCUT2D eigenvalue weighted by atomic mass is 9.73. The second-order valence-electron chi connectivity index (χ2n) is 11.7. The van der Waals surface area contributed by atoms with E-state index in [9.17, 15) is 14.9 Å². The van der Waals surface area contributed by atoms with Crippen molar-refractivity contribution in [2.24, 2.45) is 11.8 Å². The topological polar surface area (TPSA) is 110 Å². The summed E-state index contributed by atoms with van der Waals surface area (Å²) in [5.41, 5.74) is 2.01. The van der Waals surface area contributed by atoms with Crippen LogP contribution in [-0.2, 0) is 32.6 Å². The summed E-state index contributed by atoms with van der Waals surface area (Å²) >= 11 is 6.64. The normalized spacial score (nSPS) is 22.3. The van der Waals surface area contributed by atoms with Crippen LogP contribution in [0.5, 0.6) is 0 Å². The summed E-state index contributed by atoms with van der Waals surface area (Å²) in [4.78, 5) is 35.8. The van der Waals surface area contributed by atoms with Gasteiger partial charge >= 0.3 is 5.97 Å². The highest BCUT2D eigenvalue weighted by molar-refractivity contribution is 6.31. The van der Waals surface area contributed by atoms with E-state index in [0.29, 0.717) is 29.5 Å². The van der Waals surface area contributed by atoms with Gasteiger partial charge in [0.2, 0.25) is 0 Å². The first-order valence-corrected chi connectivity index (χ1v) is 14.0. The molecule has 0 spiro atoms. The summed E-state index contributed by atoms with van der Waals surface area (Å²) in [6.07, 6.45) is 5.40. The van der Waals surface area contributed by atoms with E-state index in [1.807, 2.05) is 52.0 Å². The van der Waals surface area contributed by atoms with Gasteiger partial charge in [0.05, 0.1) is 11.5 Å². The number of nitrogens with zero attached hydrogens (tertiary/aromatic N) is 5. The molecule has 8 nitrogen and oxygen atoms in total. The van der Waals surface area contributed by atoms with Crippen LogP contribution in [0.3, 0.4) is 0 Å². The molecular formula is C30H34ClN5O3. The van der Waals surface area contributed by atoms with Crippen LogP contribution >= 0.6 is 11.6 Å². The molecule has 1 saturated carbocycles. The summed E-state index contributed by atoms with van der Waals surface area (Å²) in [6, 6.07) is 9.94. The standard InChI is InChI=1S/C30H34ClN5O3/c1-18-13-19(2)36-28(33-18)34-26(35-36)15-23-25(37)16-30(39-27(23)38,21-7-5-6-8-21)12-11-20-9-10-22(14-24(20)31)29(3,4)17-32/h9-10,13-14,21,23H,5-8,11-12,15-16H2,1-4H3. The molecule has 1 aliphatic carbocycles. The zero-order valence-corrected chi connectivity index (χ0v) is 23.7. The maximum atomic E-state index is 13.5. The molecule has 2 aromatic heterocycles. The second-order valence-corrected chi connectivity index (χ2v) is 12.1. The molecule has 1 saturated heterocycles. The van der Waals surface area contributed by atoms with Crippen LogP contribution in [0.1, 0.15) is 80.7 Å². The average molecular weight is 548 g/mol. The molecule has 2 unspecified atom stereocenters. The van der Waals surface area contributed by atoms with Gasteiger partial charge in [0.1, 0.15) is 11.5 Å². The van der Waals surface area contributed by atoms with Gasteiger partial charge in [-0.1, -0.05) is 36.6 Å². The first-order valence-electron chi connectivity index (χ1n) is 13.7. The SMILES string of the molecule is Cc1cc(C)n2nc(CC3C(=O)CC(CCc4ccc(C(C)(C)C#N)cc4Cl)(C4CCCC4)OC3=O)nc2n1. The Bertz CT molecular complexity index is 1460. The van der Waals surface area contributed by atoms with Gasteiger partial charge in [-0.2, -0.15) is 10.2 Å². The van der Waals surface area contributed by atoms with Gasteiger partial charge < -0.3 is 4.74 Å². The molecule has 5 rings (SSSR count). The minimum Gasteiger partial charge on any atom is -0.458 e. The van der Waals surface area contributed by atoms with Crippen molar-refractivity contribution in [3.8, 4) is 6.07 Å². The fourth-order valence-corrected chi connectivity index (χ4v) is 6.38. The van der Waals surface area contributed by atoms with Crippen LogP contribution in [0.4, 0.5) is 0 Å². The Morgan fingerprint density at radius 1 is 1.18 bits per heavy atom. The van der Waals surface area contributed by atoms with Gasteiger partial charge in [0.15, 0.2) is 11.6 Å². The van der Waals surface area contributed by atoms with E-state index in [4.69, 9.17) is 16.3 Å². The molecule has 9 heteroatoms. The van der Waals surface area contributed by atoms with Crippen molar-refractivity contribution in [1.82, 2.24) is 19.6 Å². The monoisotopic (exact) mass is 547 g/mol. The number of rotatable bonds is 7. The number of halogens is 1. The van der Waals surface area contributed by atoms with E-state index < -0.39 is 22.9 Å². The lowest BCUT2D eigenvalue weighted by Gasteiger charge is -2.43. The molecule has 3 aromatic rings. The number of ether oxygens (including phenoxy) is 1. The van der Waals surface area contributed by atoms with Gasteiger partial charge in [-0.3, -0.25) is 9.59 Å². The van der Waals surface area contributed by atoms with Gasteiger partial charge in [-0.05, 0) is 82.6 Å². The fourth-order valence-electron chi connectivity index (χ4n) is 6.10. The molecule has 0 amide bonds. The van der Waals surface area contributed by atoms with Crippen molar-refractivity contribution in [1.29, 1.82) is 5.26 Å². The molecule has 2 aliphatic rings. The van der Waals surface area contributed by atoms with E-state index in [1.54, 1.807) is 4.52 Å². The molecule has 3 heterocycles. The van der Waals surface area contributed by atoms with Crippen molar-refractivity contribution in [3.05, 3.63) is 57.6 Å². The van der Waals surface area contributed by atoms with Crippen molar-refractivity contribution >= 4 is 29.1 Å². The van der Waals surface area contributed by atoms with Crippen LogP contribution < -0.4 is 0 Å². The highest BCUT2D eigenvalue weighted by Crippen LogP contribution is 2.45. The number of ketones is 1. The van der Waals surface area contributed by atoms with Crippen LogP contribution in [0.2, 0.25) is 5.02 Å². The van der Waals surface area contributed by atoms with Gasteiger partial charge in [-0.25, -0.2) is 9.50 Å². The van der Waals surface area contributed by atoms with E-state index in [0.717, 1.165) is 48.2 Å². The number of hydrogen-bond acceptors (Lipinski definition) is 7.